The van der Waals surface area contributed by atoms with E-state index in [1.165, 1.54) is 61.7 Å². The van der Waals surface area contributed by atoms with Gasteiger partial charge in [-0.05, 0) is 86.3 Å². The lowest BCUT2D eigenvalue weighted by Crippen LogP contribution is -2.41. The van der Waals surface area contributed by atoms with Gasteiger partial charge in [0.05, 0.1) is 12.7 Å². The van der Waals surface area contributed by atoms with E-state index in [-0.39, 0.29) is 22.7 Å². The molecule has 3 rings (SSSR count). The van der Waals surface area contributed by atoms with E-state index in [1.807, 2.05) is 6.08 Å². The Bertz CT molecular complexity index is 1040. The molecule has 0 amide bonds. The predicted molar refractivity (Wildman–Crippen MR) is 174 cm³/mol. The summed E-state index contributed by atoms with van der Waals surface area (Å²) < 4.78 is 5.77. The first-order chi connectivity index (χ1) is 20.2. The Balaban J connectivity index is 1.38. The molecule has 4 unspecified atom stereocenters. The Morgan fingerprint density at radius 3 is 2.38 bits per heavy atom. The highest BCUT2D eigenvalue weighted by atomic mass is 16.5. The van der Waals surface area contributed by atoms with Gasteiger partial charge < -0.3 is 9.84 Å². The maximum absolute atomic E-state index is 12.5. The zero-order valence-electron chi connectivity index (χ0n) is 27.1. The minimum Gasteiger partial charge on any atom is -0.465 e. The number of carbonyl (C=O) groups is 2. The molecule has 234 valence electrons. The summed E-state index contributed by atoms with van der Waals surface area (Å²) in [5.74, 6) is 0.0589. The van der Waals surface area contributed by atoms with Crippen LogP contribution in [0.4, 0.5) is 0 Å². The van der Waals surface area contributed by atoms with Gasteiger partial charge in [0.25, 0.3) is 0 Å². The predicted octanol–water partition coefficient (Wildman–Crippen LogP) is 9.69. The van der Waals surface area contributed by atoms with Crippen LogP contribution < -0.4 is 0 Å². The van der Waals surface area contributed by atoms with Gasteiger partial charge in [0.1, 0.15) is 6.29 Å². The van der Waals surface area contributed by atoms with Crippen molar-refractivity contribution in [1.82, 2.24) is 0 Å². The summed E-state index contributed by atoms with van der Waals surface area (Å²) >= 11 is 0. The van der Waals surface area contributed by atoms with Gasteiger partial charge in [-0.2, -0.15) is 0 Å². The number of hydrogen-bond acceptors (Lipinski definition) is 4. The third-order valence-electron chi connectivity index (χ3n) is 10.2. The summed E-state index contributed by atoms with van der Waals surface area (Å²) in [6, 6.07) is 0. The molecule has 3 aliphatic carbocycles. The third kappa shape index (κ3) is 9.40. The van der Waals surface area contributed by atoms with Crippen LogP contribution in [0, 0.1) is 16.7 Å². The summed E-state index contributed by atoms with van der Waals surface area (Å²) in [6.07, 6.45) is 31.3. The molecule has 0 radical (unpaired) electrons. The second kappa shape index (κ2) is 17.2. The number of ether oxygens (including phenoxy) is 1. The average Bonchev–Trinajstić information content (AvgIpc) is 3.27. The van der Waals surface area contributed by atoms with E-state index in [1.54, 1.807) is 0 Å². The Morgan fingerprint density at radius 1 is 0.976 bits per heavy atom. The van der Waals surface area contributed by atoms with E-state index >= 15 is 0 Å². The molecule has 0 aromatic heterocycles. The lowest BCUT2D eigenvalue weighted by molar-refractivity contribution is -0.144. The van der Waals surface area contributed by atoms with E-state index in [9.17, 15) is 14.7 Å². The number of fused-ring (bicyclic) bond motifs is 3. The fourth-order valence-electron chi connectivity index (χ4n) is 7.13. The Kier molecular flexibility index (Phi) is 14.0. The normalized spacial score (nSPS) is 26.5. The van der Waals surface area contributed by atoms with Crippen molar-refractivity contribution < 1.29 is 19.4 Å². The molecule has 4 nitrogen and oxygen atoms in total. The number of rotatable bonds is 18. The SMILES string of the molecule is CCCCCC=CCC=CCCCCCCCC(=O)OCC(C)C1=C2C3=CC=C(C=O)CC(O)C3(C)CCC2(C)CC1. The topological polar surface area (TPSA) is 63.6 Å². The Morgan fingerprint density at radius 2 is 1.67 bits per heavy atom. The first kappa shape index (κ1) is 34.3. The van der Waals surface area contributed by atoms with Crippen molar-refractivity contribution in [3.05, 3.63) is 58.7 Å². The number of hydrogen-bond donors (Lipinski definition) is 1. The van der Waals surface area contributed by atoms with Crippen LogP contribution in [-0.4, -0.2) is 30.1 Å². The van der Waals surface area contributed by atoms with Crippen molar-refractivity contribution in [3.63, 3.8) is 0 Å². The lowest BCUT2D eigenvalue weighted by Gasteiger charge is -2.48. The van der Waals surface area contributed by atoms with Crippen LogP contribution in [0.15, 0.2) is 58.7 Å². The second-order valence-corrected chi connectivity index (χ2v) is 13.6. The summed E-state index contributed by atoms with van der Waals surface area (Å²) in [5.41, 5.74) is 4.30. The average molecular weight is 579 g/mol. The van der Waals surface area contributed by atoms with Crippen LogP contribution in [-0.2, 0) is 14.3 Å². The van der Waals surface area contributed by atoms with E-state index in [0.717, 1.165) is 57.7 Å². The largest absolute Gasteiger partial charge is 0.465 e. The van der Waals surface area contributed by atoms with Crippen molar-refractivity contribution in [2.45, 2.75) is 143 Å². The molecule has 1 fully saturated rings. The Labute approximate surface area is 256 Å². The molecule has 0 heterocycles. The molecule has 0 bridgehead atoms. The van der Waals surface area contributed by atoms with Crippen LogP contribution in [0.1, 0.15) is 137 Å². The molecule has 42 heavy (non-hydrogen) atoms. The highest BCUT2D eigenvalue weighted by molar-refractivity contribution is 5.75. The standard InChI is InChI=1S/C38H58O4/c1-5-6-7-8-9-10-11-12-13-14-15-16-17-18-19-20-35(41)42-29-30(2)32-23-24-37(3)25-26-38(4)33(36(32)37)22-21-31(28-39)27-34(38)40/h9-10,12-13,21-22,28,30,34,40H,5-8,11,14-20,23-27,29H2,1-4H3. The van der Waals surface area contributed by atoms with Gasteiger partial charge in [0.2, 0.25) is 0 Å². The zero-order valence-corrected chi connectivity index (χ0v) is 27.1. The van der Waals surface area contributed by atoms with Gasteiger partial charge in [-0.15, -0.1) is 0 Å². The number of carbonyl (C=O) groups excluding carboxylic acids is 2. The van der Waals surface area contributed by atoms with E-state index in [4.69, 9.17) is 4.74 Å². The number of unbranched alkanes of at least 4 members (excludes halogenated alkanes) is 8. The van der Waals surface area contributed by atoms with Crippen LogP contribution in [0.3, 0.4) is 0 Å². The first-order valence-electron chi connectivity index (χ1n) is 17.0. The smallest absolute Gasteiger partial charge is 0.305 e. The molecule has 1 saturated carbocycles. The zero-order chi connectivity index (χ0) is 30.4. The molecule has 4 heteroatoms. The maximum Gasteiger partial charge on any atom is 0.305 e. The Hall–Kier alpha value is -2.20. The number of aldehydes is 1. The van der Waals surface area contributed by atoms with Crippen molar-refractivity contribution in [2.24, 2.45) is 16.7 Å². The van der Waals surface area contributed by atoms with Gasteiger partial charge in [-0.1, -0.05) is 102 Å². The highest BCUT2D eigenvalue weighted by Crippen LogP contribution is 2.61. The van der Waals surface area contributed by atoms with Crippen molar-refractivity contribution in [1.29, 1.82) is 0 Å². The molecule has 4 atom stereocenters. The number of allylic oxidation sites excluding steroid dienone is 7. The summed E-state index contributed by atoms with van der Waals surface area (Å²) in [4.78, 5) is 24.1. The van der Waals surface area contributed by atoms with Crippen LogP contribution in [0.25, 0.3) is 0 Å². The molecule has 0 aromatic rings. The highest BCUT2D eigenvalue weighted by Gasteiger charge is 2.51. The minimum absolute atomic E-state index is 0.0823. The summed E-state index contributed by atoms with van der Waals surface area (Å²) in [5, 5.41) is 11.1. The summed E-state index contributed by atoms with van der Waals surface area (Å²) in [6.45, 7) is 9.33. The van der Waals surface area contributed by atoms with Crippen LogP contribution >= 0.6 is 0 Å². The molecule has 0 saturated heterocycles. The first-order valence-corrected chi connectivity index (χ1v) is 17.0. The molecule has 0 aliphatic heterocycles. The number of aliphatic hydroxyl groups excluding tert-OH is 1. The van der Waals surface area contributed by atoms with E-state index in [0.29, 0.717) is 25.0 Å². The van der Waals surface area contributed by atoms with Gasteiger partial charge in [0.15, 0.2) is 0 Å². The fourth-order valence-corrected chi connectivity index (χ4v) is 7.13. The third-order valence-corrected chi connectivity index (χ3v) is 10.2. The molecule has 3 aliphatic rings. The quantitative estimate of drug-likeness (QED) is 0.0761. The van der Waals surface area contributed by atoms with Crippen molar-refractivity contribution >= 4 is 12.3 Å². The molecule has 0 spiro atoms. The fraction of sp³-hybridized carbons (Fsp3) is 0.684. The molecular weight excluding hydrogens is 520 g/mol. The maximum atomic E-state index is 12.5. The van der Waals surface area contributed by atoms with Gasteiger partial charge in [-0.25, -0.2) is 0 Å². The number of esters is 1. The van der Waals surface area contributed by atoms with E-state index in [2.05, 4.69) is 58.1 Å². The lowest BCUT2D eigenvalue weighted by atomic mass is 9.57. The van der Waals surface area contributed by atoms with Gasteiger partial charge in [-0.3, -0.25) is 9.59 Å². The van der Waals surface area contributed by atoms with Crippen LogP contribution in [0.2, 0.25) is 0 Å². The van der Waals surface area contributed by atoms with Crippen molar-refractivity contribution in [3.8, 4) is 0 Å². The monoisotopic (exact) mass is 578 g/mol. The molecule has 0 aromatic carbocycles. The van der Waals surface area contributed by atoms with Gasteiger partial charge >= 0.3 is 5.97 Å². The van der Waals surface area contributed by atoms with Crippen LogP contribution in [0.5, 0.6) is 0 Å². The number of aliphatic hydroxyl groups is 1. The molecule has 1 N–H and O–H groups in total. The summed E-state index contributed by atoms with van der Waals surface area (Å²) in [7, 11) is 0. The van der Waals surface area contributed by atoms with Gasteiger partial charge in [0, 0.05) is 24.2 Å². The molecular formula is C38H58O4. The van der Waals surface area contributed by atoms with E-state index < -0.39 is 6.10 Å². The second-order valence-electron chi connectivity index (χ2n) is 13.6. The minimum atomic E-state index is -0.571. The van der Waals surface area contributed by atoms with Crippen molar-refractivity contribution in [2.75, 3.05) is 6.61 Å².